The highest BCUT2D eigenvalue weighted by molar-refractivity contribution is 7.97. The zero-order valence-electron chi connectivity index (χ0n) is 19.5. The van der Waals surface area contributed by atoms with Crippen LogP contribution in [0.3, 0.4) is 0 Å². The summed E-state index contributed by atoms with van der Waals surface area (Å²) in [6, 6.07) is 0.421. The Balaban J connectivity index is 1.44. The summed E-state index contributed by atoms with van der Waals surface area (Å²) < 4.78 is 75.5. The van der Waals surface area contributed by atoms with Crippen molar-refractivity contribution in [2.24, 2.45) is 13.0 Å². The van der Waals surface area contributed by atoms with Crippen LogP contribution < -0.4 is 20.1 Å². The van der Waals surface area contributed by atoms with Crippen molar-refractivity contribution in [3.63, 3.8) is 0 Å². The maximum atomic E-state index is 13.5. The minimum Gasteiger partial charge on any atom is -0.489 e. The SMILES string of the molecule is C[C@@H](NC(=O)C(=O)N1C[C@H]2COc3c(cn(C)c3C(=O)Nc3ccc(F)c(F)c3)SN[C@H]2C1)C(F)(F)F. The fraction of sp³-hybridized carbons (Fsp3) is 0.409. The first-order chi connectivity index (χ1) is 17.3. The van der Waals surface area contributed by atoms with Crippen molar-refractivity contribution >= 4 is 35.4 Å². The van der Waals surface area contributed by atoms with E-state index < -0.39 is 41.6 Å². The number of carbonyl (C=O) groups excluding carboxylic acids is 3. The van der Waals surface area contributed by atoms with E-state index in [1.54, 1.807) is 18.6 Å². The van der Waals surface area contributed by atoms with Crippen LogP contribution in [0.15, 0.2) is 29.3 Å². The number of alkyl halides is 3. The van der Waals surface area contributed by atoms with Crippen LogP contribution >= 0.6 is 11.9 Å². The molecule has 200 valence electrons. The van der Waals surface area contributed by atoms with Crippen molar-refractivity contribution < 1.29 is 41.1 Å². The number of halogens is 5. The molecule has 0 aliphatic carbocycles. The van der Waals surface area contributed by atoms with Gasteiger partial charge in [-0.3, -0.25) is 19.1 Å². The van der Waals surface area contributed by atoms with Gasteiger partial charge in [0.1, 0.15) is 6.04 Å². The first kappa shape index (κ1) is 26.7. The smallest absolute Gasteiger partial charge is 0.408 e. The first-order valence-electron chi connectivity index (χ1n) is 11.0. The molecule has 0 radical (unpaired) electrons. The summed E-state index contributed by atoms with van der Waals surface area (Å²) in [4.78, 5) is 39.1. The van der Waals surface area contributed by atoms with Crippen LogP contribution in [0.2, 0.25) is 0 Å². The van der Waals surface area contributed by atoms with Gasteiger partial charge in [0.05, 0.1) is 11.5 Å². The van der Waals surface area contributed by atoms with Crippen LogP contribution in [-0.4, -0.2) is 65.1 Å². The monoisotopic (exact) mass is 547 g/mol. The van der Waals surface area contributed by atoms with Crippen LogP contribution in [0, 0.1) is 17.6 Å². The molecule has 3 atom stereocenters. The number of ether oxygens (including phenoxy) is 1. The number of aryl methyl sites for hydroxylation is 1. The lowest BCUT2D eigenvalue weighted by atomic mass is 10.1. The summed E-state index contributed by atoms with van der Waals surface area (Å²) in [5, 5.41) is 4.15. The minimum atomic E-state index is -4.68. The lowest BCUT2D eigenvalue weighted by Crippen LogP contribution is -2.50. The van der Waals surface area contributed by atoms with Crippen LogP contribution in [0.1, 0.15) is 17.4 Å². The number of carbonyl (C=O) groups is 3. The summed E-state index contributed by atoms with van der Waals surface area (Å²) in [6.45, 7) is 0.890. The topological polar surface area (TPSA) is 105 Å². The molecule has 2 aliphatic heterocycles. The van der Waals surface area contributed by atoms with Gasteiger partial charge in [-0.15, -0.1) is 0 Å². The van der Waals surface area contributed by atoms with Gasteiger partial charge >= 0.3 is 18.0 Å². The van der Waals surface area contributed by atoms with Crippen molar-refractivity contribution in [1.29, 1.82) is 0 Å². The molecule has 0 saturated carbocycles. The van der Waals surface area contributed by atoms with Gasteiger partial charge in [-0.1, -0.05) is 0 Å². The Kier molecular flexibility index (Phi) is 7.37. The number of nitrogens with zero attached hydrogens (tertiary/aromatic N) is 2. The Morgan fingerprint density at radius 3 is 2.59 bits per heavy atom. The standard InChI is InChI=1S/C22H22F5N5O4S/c1-10(22(25,26)27)28-20(34)21(35)32-6-11-9-36-18-16(37-30-15(11)7-32)8-31(2)17(18)19(33)29-12-3-4-13(23)14(24)5-12/h3-5,8,10-11,15,30H,6-7,9H2,1-2H3,(H,28,34)(H,29,33)/t10-,11+,15+/m1/s1. The molecule has 15 heteroatoms. The van der Waals surface area contributed by atoms with E-state index in [0.29, 0.717) is 4.90 Å². The van der Waals surface area contributed by atoms with E-state index in [-0.39, 0.29) is 48.8 Å². The molecule has 3 heterocycles. The predicted octanol–water partition coefficient (Wildman–Crippen LogP) is 2.44. The molecule has 0 unspecified atom stereocenters. The van der Waals surface area contributed by atoms with Gasteiger partial charge in [0.2, 0.25) is 0 Å². The Morgan fingerprint density at radius 2 is 1.92 bits per heavy atom. The number of hydrogen-bond donors (Lipinski definition) is 3. The van der Waals surface area contributed by atoms with Gasteiger partial charge in [-0.05, 0) is 31.0 Å². The van der Waals surface area contributed by atoms with Crippen LogP contribution in [0.4, 0.5) is 27.6 Å². The fourth-order valence-corrected chi connectivity index (χ4v) is 4.97. The second kappa shape index (κ2) is 10.2. The number of rotatable bonds is 3. The third-order valence-corrected chi connectivity index (χ3v) is 6.95. The zero-order chi connectivity index (χ0) is 27.1. The summed E-state index contributed by atoms with van der Waals surface area (Å²) in [6.07, 6.45) is -3.06. The zero-order valence-corrected chi connectivity index (χ0v) is 20.3. The van der Waals surface area contributed by atoms with Gasteiger partial charge in [0, 0.05) is 50.0 Å². The molecule has 2 aliphatic rings. The van der Waals surface area contributed by atoms with E-state index in [2.05, 4.69) is 10.0 Å². The normalized spacial score (nSPS) is 20.1. The van der Waals surface area contributed by atoms with E-state index in [4.69, 9.17) is 4.74 Å². The number of aromatic nitrogens is 1. The van der Waals surface area contributed by atoms with Crippen molar-refractivity contribution in [1.82, 2.24) is 19.5 Å². The molecular weight excluding hydrogens is 525 g/mol. The highest BCUT2D eigenvalue weighted by Gasteiger charge is 2.42. The predicted molar refractivity (Wildman–Crippen MR) is 122 cm³/mol. The van der Waals surface area contributed by atoms with Crippen LogP contribution in [0.25, 0.3) is 0 Å². The molecule has 1 saturated heterocycles. The fourth-order valence-electron chi connectivity index (χ4n) is 3.97. The Labute approximate surface area is 211 Å². The Hall–Kier alpha value is -3.33. The Morgan fingerprint density at radius 1 is 1.19 bits per heavy atom. The number of fused-ring (bicyclic) bond motifs is 2. The maximum absolute atomic E-state index is 13.5. The number of amides is 3. The third-order valence-electron chi connectivity index (χ3n) is 6.02. The molecule has 37 heavy (non-hydrogen) atoms. The lowest BCUT2D eigenvalue weighted by Gasteiger charge is -2.23. The van der Waals surface area contributed by atoms with Crippen LogP contribution in [0.5, 0.6) is 5.75 Å². The van der Waals surface area contributed by atoms with Crippen LogP contribution in [-0.2, 0) is 16.6 Å². The Bertz CT molecular complexity index is 1240. The largest absolute Gasteiger partial charge is 0.489 e. The van der Waals surface area contributed by atoms with Crippen molar-refractivity contribution in [3.05, 3.63) is 41.7 Å². The van der Waals surface area contributed by atoms with Crippen molar-refractivity contribution in [3.8, 4) is 5.75 Å². The molecule has 2 aromatic rings. The second-order valence-electron chi connectivity index (χ2n) is 8.71. The molecule has 3 amide bonds. The first-order valence-corrected chi connectivity index (χ1v) is 11.8. The molecule has 3 N–H and O–H groups in total. The van der Waals surface area contributed by atoms with Gasteiger partial charge < -0.3 is 24.8 Å². The van der Waals surface area contributed by atoms with E-state index in [0.717, 1.165) is 35.9 Å². The quantitative estimate of drug-likeness (QED) is 0.310. The van der Waals surface area contributed by atoms with E-state index >= 15 is 0 Å². The molecule has 9 nitrogen and oxygen atoms in total. The maximum Gasteiger partial charge on any atom is 0.408 e. The van der Waals surface area contributed by atoms with Gasteiger partial charge in [-0.25, -0.2) is 8.78 Å². The number of nitrogens with one attached hydrogen (secondary N) is 3. The highest BCUT2D eigenvalue weighted by Crippen LogP contribution is 2.37. The third kappa shape index (κ3) is 5.66. The van der Waals surface area contributed by atoms with Gasteiger partial charge in [0.15, 0.2) is 23.1 Å². The average Bonchev–Trinajstić information content (AvgIpc) is 3.35. The molecule has 0 spiro atoms. The second-order valence-corrected chi connectivity index (χ2v) is 9.59. The molecule has 4 rings (SSSR count). The molecule has 1 aromatic heterocycles. The number of anilines is 1. The summed E-state index contributed by atoms with van der Waals surface area (Å²) in [5.41, 5.74) is 0.150. The molecule has 0 bridgehead atoms. The van der Waals surface area contributed by atoms with E-state index in [9.17, 15) is 36.3 Å². The lowest BCUT2D eigenvalue weighted by molar-refractivity contribution is -0.162. The average molecular weight is 548 g/mol. The summed E-state index contributed by atoms with van der Waals surface area (Å²) in [7, 11) is 1.61. The van der Waals surface area contributed by atoms with Crippen molar-refractivity contribution in [2.75, 3.05) is 25.0 Å². The number of hydrogen-bond acceptors (Lipinski definition) is 6. The minimum absolute atomic E-state index is 0.0328. The molecular formula is C22H22F5N5O4S. The van der Waals surface area contributed by atoms with E-state index in [1.165, 1.54) is 10.6 Å². The molecule has 1 fully saturated rings. The number of likely N-dealkylation sites (tertiary alicyclic amines) is 1. The molecule has 1 aromatic carbocycles. The number of benzene rings is 1. The van der Waals surface area contributed by atoms with Gasteiger partial charge in [0.25, 0.3) is 5.91 Å². The summed E-state index contributed by atoms with van der Waals surface area (Å²) >= 11 is 1.13. The summed E-state index contributed by atoms with van der Waals surface area (Å²) in [5.74, 6) is -5.36. The highest BCUT2D eigenvalue weighted by atomic mass is 32.2. The van der Waals surface area contributed by atoms with Gasteiger partial charge in [-0.2, -0.15) is 13.2 Å². The van der Waals surface area contributed by atoms with Crippen molar-refractivity contribution in [2.45, 2.75) is 30.1 Å². The van der Waals surface area contributed by atoms with E-state index in [1.807, 2.05) is 0 Å².